The number of carbonyl (C=O) groups is 2. The number of hydrogen-bond acceptors (Lipinski definition) is 5. The van der Waals surface area contributed by atoms with E-state index in [9.17, 15) is 9.59 Å². The van der Waals surface area contributed by atoms with Crippen LogP contribution in [-0.2, 0) is 9.53 Å². The van der Waals surface area contributed by atoms with Gasteiger partial charge in [-0.15, -0.1) is 0 Å². The fraction of sp³-hybridized carbons (Fsp3) is 0.100. The molecule has 1 N–H and O–H groups in total. The molecule has 0 bridgehead atoms. The number of benzene rings is 2. The quantitative estimate of drug-likeness (QED) is 0.733. The standard InChI is InChI=1S/C20H15N3O3/c1-13(19(24)23-17-9-5-3-7-15(17)12-21)26-20(25)18-11-10-14-6-2-4-8-16(14)22-18/h2-11,13H,1H3,(H,23,24)/t13-/m0/s1. The number of esters is 1. The van der Waals surface area contributed by atoms with Crippen molar-refractivity contribution >= 4 is 28.5 Å². The lowest BCUT2D eigenvalue weighted by molar-refractivity contribution is -0.123. The van der Waals surface area contributed by atoms with E-state index in [4.69, 9.17) is 10.00 Å². The molecule has 3 aromatic rings. The number of rotatable bonds is 4. The van der Waals surface area contributed by atoms with Crippen LogP contribution < -0.4 is 5.32 Å². The van der Waals surface area contributed by atoms with Gasteiger partial charge in [-0.3, -0.25) is 4.79 Å². The highest BCUT2D eigenvalue weighted by molar-refractivity contribution is 5.98. The van der Waals surface area contributed by atoms with Gasteiger partial charge in [0, 0.05) is 5.39 Å². The Morgan fingerprint density at radius 3 is 2.62 bits per heavy atom. The van der Waals surface area contributed by atoms with E-state index < -0.39 is 18.0 Å². The molecule has 1 atom stereocenters. The smallest absolute Gasteiger partial charge is 0.357 e. The second-order valence-electron chi connectivity index (χ2n) is 5.58. The highest BCUT2D eigenvalue weighted by atomic mass is 16.5. The molecule has 0 unspecified atom stereocenters. The summed E-state index contributed by atoms with van der Waals surface area (Å²) < 4.78 is 5.20. The zero-order chi connectivity index (χ0) is 18.5. The summed E-state index contributed by atoms with van der Waals surface area (Å²) in [6.07, 6.45) is -1.04. The summed E-state index contributed by atoms with van der Waals surface area (Å²) in [5, 5.41) is 12.5. The number of anilines is 1. The number of carbonyl (C=O) groups excluding carboxylic acids is 2. The van der Waals surface area contributed by atoms with Crippen LogP contribution in [-0.4, -0.2) is 23.0 Å². The van der Waals surface area contributed by atoms with Crippen LogP contribution in [0.5, 0.6) is 0 Å². The number of fused-ring (bicyclic) bond motifs is 1. The minimum atomic E-state index is -1.04. The number of amides is 1. The summed E-state index contributed by atoms with van der Waals surface area (Å²) in [5.74, 6) is -1.21. The van der Waals surface area contributed by atoms with E-state index in [1.807, 2.05) is 24.3 Å². The first-order chi connectivity index (χ1) is 12.6. The number of ether oxygens (including phenoxy) is 1. The van der Waals surface area contributed by atoms with Crippen LogP contribution in [0.1, 0.15) is 23.0 Å². The average molecular weight is 345 g/mol. The van der Waals surface area contributed by atoms with Crippen molar-refractivity contribution in [3.8, 4) is 6.07 Å². The minimum absolute atomic E-state index is 0.126. The summed E-state index contributed by atoms with van der Waals surface area (Å²) in [6.45, 7) is 1.46. The zero-order valence-corrected chi connectivity index (χ0v) is 14.0. The van der Waals surface area contributed by atoms with E-state index >= 15 is 0 Å². The van der Waals surface area contributed by atoms with Gasteiger partial charge in [0.1, 0.15) is 11.8 Å². The van der Waals surface area contributed by atoms with Gasteiger partial charge in [0.2, 0.25) is 0 Å². The molecule has 0 spiro atoms. The van der Waals surface area contributed by atoms with Gasteiger partial charge in [0.05, 0.1) is 16.8 Å². The number of aromatic nitrogens is 1. The zero-order valence-electron chi connectivity index (χ0n) is 14.0. The third kappa shape index (κ3) is 3.68. The van der Waals surface area contributed by atoms with Crippen molar-refractivity contribution in [1.82, 2.24) is 4.98 Å². The Bertz CT molecular complexity index is 1020. The molecule has 1 heterocycles. The molecular weight excluding hydrogens is 330 g/mol. The molecule has 0 saturated carbocycles. The largest absolute Gasteiger partial charge is 0.448 e. The van der Waals surface area contributed by atoms with E-state index in [2.05, 4.69) is 10.3 Å². The van der Waals surface area contributed by atoms with Crippen LogP contribution in [0.4, 0.5) is 5.69 Å². The highest BCUT2D eigenvalue weighted by Crippen LogP contribution is 2.15. The maximum atomic E-state index is 12.3. The predicted octanol–water partition coefficient (Wildman–Crippen LogP) is 3.29. The number of nitrogens with zero attached hydrogens (tertiary/aromatic N) is 2. The SMILES string of the molecule is C[C@H](OC(=O)c1ccc2ccccc2n1)C(=O)Nc1ccccc1C#N. The normalized spacial score (nSPS) is 11.4. The van der Waals surface area contributed by atoms with Crippen molar-refractivity contribution in [2.24, 2.45) is 0 Å². The second-order valence-corrected chi connectivity index (χ2v) is 5.58. The van der Waals surface area contributed by atoms with Crippen molar-refractivity contribution in [2.45, 2.75) is 13.0 Å². The Hall–Kier alpha value is -3.72. The molecule has 0 aliphatic heterocycles. The van der Waals surface area contributed by atoms with Gasteiger partial charge in [-0.2, -0.15) is 5.26 Å². The molecule has 3 rings (SSSR count). The molecule has 1 amide bonds. The Balaban J connectivity index is 1.69. The summed E-state index contributed by atoms with van der Waals surface area (Å²) in [5.41, 5.74) is 1.49. The fourth-order valence-corrected chi connectivity index (χ4v) is 2.38. The third-order valence-electron chi connectivity index (χ3n) is 3.77. The van der Waals surface area contributed by atoms with E-state index in [0.29, 0.717) is 16.8 Å². The highest BCUT2D eigenvalue weighted by Gasteiger charge is 2.20. The maximum absolute atomic E-state index is 12.3. The van der Waals surface area contributed by atoms with Crippen LogP contribution >= 0.6 is 0 Å². The number of hydrogen-bond donors (Lipinski definition) is 1. The van der Waals surface area contributed by atoms with Crippen molar-refractivity contribution in [2.75, 3.05) is 5.32 Å². The molecule has 128 valence electrons. The summed E-state index contributed by atoms with van der Waals surface area (Å²) in [7, 11) is 0. The summed E-state index contributed by atoms with van der Waals surface area (Å²) in [4.78, 5) is 28.8. The van der Waals surface area contributed by atoms with Crippen molar-refractivity contribution in [3.05, 3.63) is 71.9 Å². The topological polar surface area (TPSA) is 92.1 Å². The Morgan fingerprint density at radius 2 is 1.81 bits per heavy atom. The first-order valence-corrected chi connectivity index (χ1v) is 7.95. The number of pyridine rings is 1. The molecule has 0 saturated heterocycles. The Morgan fingerprint density at radius 1 is 1.08 bits per heavy atom. The molecule has 0 aliphatic rings. The number of nitrogens with one attached hydrogen (secondary N) is 1. The lowest BCUT2D eigenvalue weighted by Crippen LogP contribution is -2.30. The molecule has 2 aromatic carbocycles. The fourth-order valence-electron chi connectivity index (χ4n) is 2.38. The lowest BCUT2D eigenvalue weighted by atomic mass is 10.2. The van der Waals surface area contributed by atoms with Crippen LogP contribution in [0.2, 0.25) is 0 Å². The van der Waals surface area contributed by atoms with Gasteiger partial charge in [-0.05, 0) is 31.2 Å². The van der Waals surface area contributed by atoms with E-state index in [1.165, 1.54) is 6.92 Å². The molecule has 26 heavy (non-hydrogen) atoms. The van der Waals surface area contributed by atoms with Gasteiger partial charge in [-0.1, -0.05) is 36.4 Å². The van der Waals surface area contributed by atoms with E-state index in [0.717, 1.165) is 5.39 Å². The summed E-state index contributed by atoms with van der Waals surface area (Å²) in [6, 6.07) is 19.3. The number of nitriles is 1. The molecule has 0 radical (unpaired) electrons. The minimum Gasteiger partial charge on any atom is -0.448 e. The van der Waals surface area contributed by atoms with Crippen LogP contribution in [0.15, 0.2) is 60.7 Å². The lowest BCUT2D eigenvalue weighted by Gasteiger charge is -2.14. The van der Waals surface area contributed by atoms with E-state index in [1.54, 1.807) is 42.5 Å². The monoisotopic (exact) mass is 345 g/mol. The predicted molar refractivity (Wildman–Crippen MR) is 96.4 cm³/mol. The van der Waals surface area contributed by atoms with Gasteiger partial charge < -0.3 is 10.1 Å². The summed E-state index contributed by atoms with van der Waals surface area (Å²) >= 11 is 0. The molecule has 1 aromatic heterocycles. The average Bonchev–Trinajstić information content (AvgIpc) is 2.67. The first-order valence-electron chi connectivity index (χ1n) is 7.95. The van der Waals surface area contributed by atoms with E-state index in [-0.39, 0.29) is 5.69 Å². The van der Waals surface area contributed by atoms with Crippen molar-refractivity contribution in [3.63, 3.8) is 0 Å². The maximum Gasteiger partial charge on any atom is 0.357 e. The molecule has 6 heteroatoms. The first kappa shape index (κ1) is 17.1. The van der Waals surface area contributed by atoms with Gasteiger partial charge >= 0.3 is 5.97 Å². The van der Waals surface area contributed by atoms with Gasteiger partial charge in [0.25, 0.3) is 5.91 Å². The molecule has 0 fully saturated rings. The number of para-hydroxylation sites is 2. The second kappa shape index (κ2) is 7.45. The van der Waals surface area contributed by atoms with Crippen LogP contribution in [0.25, 0.3) is 10.9 Å². The van der Waals surface area contributed by atoms with Gasteiger partial charge in [-0.25, -0.2) is 9.78 Å². The van der Waals surface area contributed by atoms with Gasteiger partial charge in [0.15, 0.2) is 6.10 Å². The molecule has 6 nitrogen and oxygen atoms in total. The molecule has 0 aliphatic carbocycles. The Kier molecular flexibility index (Phi) is 4.90. The van der Waals surface area contributed by atoms with Crippen molar-refractivity contribution in [1.29, 1.82) is 5.26 Å². The molecular formula is C20H15N3O3. The Labute approximate surface area is 150 Å². The third-order valence-corrected chi connectivity index (χ3v) is 3.77. The van der Waals surface area contributed by atoms with Crippen molar-refractivity contribution < 1.29 is 14.3 Å². The van der Waals surface area contributed by atoms with Crippen LogP contribution in [0, 0.1) is 11.3 Å². The van der Waals surface area contributed by atoms with Crippen LogP contribution in [0.3, 0.4) is 0 Å².